The van der Waals surface area contributed by atoms with Gasteiger partial charge in [-0.25, -0.2) is 9.97 Å². The van der Waals surface area contributed by atoms with Gasteiger partial charge in [-0.15, -0.1) is 0 Å². The molecule has 0 amide bonds. The maximum atomic E-state index is 5.88. The number of nitrogens with zero attached hydrogens (tertiary/aromatic N) is 2. The second-order valence-electron chi connectivity index (χ2n) is 4.38. The fourth-order valence-electron chi connectivity index (χ4n) is 2.05. The number of pyridine rings is 1. The maximum Gasteiger partial charge on any atom is 0.247 e. The summed E-state index contributed by atoms with van der Waals surface area (Å²) in [7, 11) is 0. The van der Waals surface area contributed by atoms with Crippen molar-refractivity contribution in [1.29, 1.82) is 0 Å². The van der Waals surface area contributed by atoms with Gasteiger partial charge in [0.05, 0.1) is 11.4 Å². The van der Waals surface area contributed by atoms with Crippen LogP contribution in [0, 0.1) is 0 Å². The van der Waals surface area contributed by atoms with Gasteiger partial charge in [0.2, 0.25) is 11.6 Å². The molecule has 2 N–H and O–H groups in total. The summed E-state index contributed by atoms with van der Waals surface area (Å²) in [4.78, 5) is 8.86. The summed E-state index contributed by atoms with van der Waals surface area (Å²) >= 11 is 0. The molecular formula is C12H15N3O. The summed E-state index contributed by atoms with van der Waals surface area (Å²) in [6, 6.07) is 1.87. The van der Waals surface area contributed by atoms with Crippen molar-refractivity contribution in [2.24, 2.45) is 0 Å². The summed E-state index contributed by atoms with van der Waals surface area (Å²) in [6.07, 6.45) is 4.46. The molecular weight excluding hydrogens is 202 g/mol. The highest BCUT2D eigenvalue weighted by atomic mass is 16.4. The Morgan fingerprint density at radius 2 is 2.25 bits per heavy atom. The number of hydrogen-bond donors (Lipinski definition) is 1. The smallest absolute Gasteiger partial charge is 0.247 e. The lowest BCUT2D eigenvalue weighted by atomic mass is 9.85. The highest BCUT2D eigenvalue weighted by Gasteiger charge is 2.25. The lowest BCUT2D eigenvalue weighted by Gasteiger charge is -2.21. The number of anilines is 1. The summed E-state index contributed by atoms with van der Waals surface area (Å²) in [6.45, 7) is 2.04. The number of rotatable bonds is 2. The van der Waals surface area contributed by atoms with Crippen LogP contribution in [0.15, 0.2) is 10.5 Å². The van der Waals surface area contributed by atoms with Crippen LogP contribution in [-0.4, -0.2) is 9.97 Å². The van der Waals surface area contributed by atoms with Crippen LogP contribution in [0.1, 0.15) is 43.7 Å². The molecule has 4 heteroatoms. The highest BCUT2D eigenvalue weighted by molar-refractivity contribution is 5.73. The molecule has 0 aromatic carbocycles. The molecule has 0 radical (unpaired) electrons. The molecule has 16 heavy (non-hydrogen) atoms. The number of aryl methyl sites for hydroxylation is 1. The van der Waals surface area contributed by atoms with Gasteiger partial charge in [0, 0.05) is 5.92 Å². The minimum atomic E-state index is 0.500. The molecule has 3 rings (SSSR count). The van der Waals surface area contributed by atoms with Crippen molar-refractivity contribution in [3.63, 3.8) is 0 Å². The average Bonchev–Trinajstić information content (AvgIpc) is 2.55. The first-order chi connectivity index (χ1) is 7.78. The number of oxazole rings is 1. The quantitative estimate of drug-likeness (QED) is 0.839. The second-order valence-corrected chi connectivity index (χ2v) is 4.38. The molecule has 1 aliphatic rings. The van der Waals surface area contributed by atoms with Crippen molar-refractivity contribution in [3.05, 3.63) is 17.7 Å². The topological polar surface area (TPSA) is 64.9 Å². The Morgan fingerprint density at radius 1 is 1.44 bits per heavy atom. The number of hydrogen-bond acceptors (Lipinski definition) is 4. The third-order valence-electron chi connectivity index (χ3n) is 3.30. The molecule has 1 saturated carbocycles. The van der Waals surface area contributed by atoms with E-state index in [1.807, 2.05) is 13.0 Å². The minimum Gasteiger partial charge on any atom is -0.422 e. The standard InChI is InChI=1S/C12H15N3O/c1-2-9-8(13)6-10-12(14-9)16-11(15-10)7-4-3-5-7/h6-7H,2-5,13H2,1H3. The third kappa shape index (κ3) is 1.37. The Labute approximate surface area is 93.9 Å². The first-order valence-corrected chi connectivity index (χ1v) is 5.83. The van der Waals surface area contributed by atoms with Crippen molar-refractivity contribution in [3.8, 4) is 0 Å². The van der Waals surface area contributed by atoms with Crippen LogP contribution in [0.25, 0.3) is 11.2 Å². The third-order valence-corrected chi connectivity index (χ3v) is 3.30. The van der Waals surface area contributed by atoms with E-state index in [0.29, 0.717) is 17.3 Å². The molecule has 0 unspecified atom stereocenters. The summed E-state index contributed by atoms with van der Waals surface area (Å²) in [5, 5.41) is 0. The Bertz CT molecular complexity index is 528. The number of aromatic nitrogens is 2. The lowest BCUT2D eigenvalue weighted by molar-refractivity contribution is 0.342. The van der Waals surface area contributed by atoms with Gasteiger partial charge in [-0.3, -0.25) is 0 Å². The SMILES string of the molecule is CCc1nc2oc(C3CCC3)nc2cc1N. The van der Waals surface area contributed by atoms with Gasteiger partial charge in [0.1, 0.15) is 5.52 Å². The zero-order chi connectivity index (χ0) is 11.1. The first-order valence-electron chi connectivity index (χ1n) is 5.83. The average molecular weight is 217 g/mol. The van der Waals surface area contributed by atoms with Gasteiger partial charge in [-0.2, -0.15) is 0 Å². The zero-order valence-electron chi connectivity index (χ0n) is 9.36. The number of nitrogens with two attached hydrogens (primary N) is 1. The molecule has 0 bridgehead atoms. The van der Waals surface area contributed by atoms with E-state index in [4.69, 9.17) is 10.2 Å². The Kier molecular flexibility index (Phi) is 2.09. The molecule has 0 aliphatic heterocycles. The van der Waals surface area contributed by atoms with Gasteiger partial charge < -0.3 is 10.2 Å². The molecule has 1 fully saturated rings. The fourth-order valence-corrected chi connectivity index (χ4v) is 2.05. The van der Waals surface area contributed by atoms with Crippen LogP contribution in [0.2, 0.25) is 0 Å². The van der Waals surface area contributed by atoms with Crippen molar-refractivity contribution in [2.75, 3.05) is 5.73 Å². The summed E-state index contributed by atoms with van der Waals surface area (Å²) < 4.78 is 5.69. The normalized spacial score (nSPS) is 16.6. The van der Waals surface area contributed by atoms with E-state index in [9.17, 15) is 0 Å². The van der Waals surface area contributed by atoms with Crippen LogP contribution in [0.5, 0.6) is 0 Å². The molecule has 1 aliphatic carbocycles. The maximum absolute atomic E-state index is 5.88. The summed E-state index contributed by atoms with van der Waals surface area (Å²) in [5.74, 6) is 1.34. The highest BCUT2D eigenvalue weighted by Crippen LogP contribution is 2.37. The van der Waals surface area contributed by atoms with Gasteiger partial charge in [-0.1, -0.05) is 13.3 Å². The molecule has 0 spiro atoms. The molecule has 2 heterocycles. The summed E-state index contributed by atoms with van der Waals surface area (Å²) in [5.41, 5.74) is 8.91. The van der Waals surface area contributed by atoms with Gasteiger partial charge in [0.25, 0.3) is 0 Å². The predicted molar refractivity (Wildman–Crippen MR) is 62.2 cm³/mol. The monoisotopic (exact) mass is 217 g/mol. The molecule has 2 aromatic rings. The fraction of sp³-hybridized carbons (Fsp3) is 0.500. The van der Waals surface area contributed by atoms with E-state index < -0.39 is 0 Å². The van der Waals surface area contributed by atoms with Gasteiger partial charge in [-0.05, 0) is 25.3 Å². The minimum absolute atomic E-state index is 0.500. The van der Waals surface area contributed by atoms with Crippen LogP contribution < -0.4 is 5.73 Å². The Hall–Kier alpha value is -1.58. The van der Waals surface area contributed by atoms with Crippen molar-refractivity contribution >= 4 is 16.9 Å². The van der Waals surface area contributed by atoms with E-state index in [1.54, 1.807) is 0 Å². The van der Waals surface area contributed by atoms with Gasteiger partial charge >= 0.3 is 0 Å². The molecule has 84 valence electrons. The van der Waals surface area contributed by atoms with Crippen LogP contribution in [0.3, 0.4) is 0 Å². The molecule has 0 saturated heterocycles. The zero-order valence-corrected chi connectivity index (χ0v) is 9.36. The Morgan fingerprint density at radius 3 is 2.88 bits per heavy atom. The second kappa shape index (κ2) is 3.47. The van der Waals surface area contributed by atoms with Crippen molar-refractivity contribution < 1.29 is 4.42 Å². The molecule has 0 atom stereocenters. The van der Waals surface area contributed by atoms with Crippen molar-refractivity contribution in [1.82, 2.24) is 9.97 Å². The van der Waals surface area contributed by atoms with Crippen LogP contribution in [-0.2, 0) is 6.42 Å². The lowest BCUT2D eigenvalue weighted by Crippen LogP contribution is -2.08. The first kappa shape index (κ1) is 9.63. The van der Waals surface area contributed by atoms with E-state index in [0.717, 1.165) is 23.5 Å². The van der Waals surface area contributed by atoms with Crippen molar-refractivity contribution in [2.45, 2.75) is 38.5 Å². The van der Waals surface area contributed by atoms with Gasteiger partial charge in [0.15, 0.2) is 0 Å². The van der Waals surface area contributed by atoms with E-state index in [1.165, 1.54) is 19.3 Å². The molecule has 4 nitrogen and oxygen atoms in total. The predicted octanol–water partition coefficient (Wildman–Crippen LogP) is 2.63. The number of nitrogen functional groups attached to an aromatic ring is 1. The van der Waals surface area contributed by atoms with E-state index >= 15 is 0 Å². The molecule has 2 aromatic heterocycles. The van der Waals surface area contributed by atoms with Crippen LogP contribution >= 0.6 is 0 Å². The Balaban J connectivity index is 2.09. The van der Waals surface area contributed by atoms with E-state index in [2.05, 4.69) is 9.97 Å². The number of fused-ring (bicyclic) bond motifs is 1. The largest absolute Gasteiger partial charge is 0.422 e. The van der Waals surface area contributed by atoms with E-state index in [-0.39, 0.29) is 0 Å². The van der Waals surface area contributed by atoms with Crippen LogP contribution in [0.4, 0.5) is 5.69 Å².